The predicted molar refractivity (Wildman–Crippen MR) is 145 cm³/mol. The Labute approximate surface area is 229 Å². The summed E-state index contributed by atoms with van der Waals surface area (Å²) in [6.45, 7) is 7.19. The van der Waals surface area contributed by atoms with Crippen molar-refractivity contribution < 1.29 is 32.2 Å². The van der Waals surface area contributed by atoms with Crippen LogP contribution in [0.5, 0.6) is 5.75 Å². The molecule has 214 valence electrons. The number of likely N-dealkylation sites (N-methyl/N-ethyl adjacent to an activating group) is 1. The number of fused-ring (bicyclic) bond motifs is 1. The average Bonchev–Trinajstić information content (AvgIpc) is 2.91. The molecule has 39 heavy (non-hydrogen) atoms. The number of ether oxygens (including phenoxy) is 1. The molecule has 2 aromatic carbocycles. The average molecular weight is 565 g/mol. The van der Waals surface area contributed by atoms with Crippen molar-refractivity contribution in [1.82, 2.24) is 14.5 Å². The number of carbonyl (C=O) groups excluding carboxylic acids is 2. The van der Waals surface area contributed by atoms with E-state index in [1.54, 1.807) is 30.0 Å². The molecule has 10 nitrogen and oxygen atoms in total. The minimum atomic E-state index is -3.95. The van der Waals surface area contributed by atoms with Crippen molar-refractivity contribution in [2.75, 3.05) is 32.1 Å². The van der Waals surface area contributed by atoms with Crippen LogP contribution < -0.4 is 15.4 Å². The molecule has 0 saturated heterocycles. The summed E-state index contributed by atoms with van der Waals surface area (Å²) in [5.41, 5.74) is 0.977. The lowest BCUT2D eigenvalue weighted by Crippen LogP contribution is -2.48. The van der Waals surface area contributed by atoms with E-state index in [1.165, 1.54) is 19.2 Å². The lowest BCUT2D eigenvalue weighted by atomic mass is 10.0. The van der Waals surface area contributed by atoms with Gasteiger partial charge >= 0.3 is 6.03 Å². The molecule has 3 rings (SSSR count). The molecule has 12 heteroatoms. The summed E-state index contributed by atoms with van der Waals surface area (Å²) in [6, 6.07) is 8.60. The highest BCUT2D eigenvalue weighted by Crippen LogP contribution is 2.30. The zero-order chi connectivity index (χ0) is 28.9. The number of amides is 3. The summed E-state index contributed by atoms with van der Waals surface area (Å²) in [6.07, 6.45) is -0.712. The van der Waals surface area contributed by atoms with Crippen LogP contribution in [0.3, 0.4) is 0 Å². The van der Waals surface area contributed by atoms with Gasteiger partial charge in [0.1, 0.15) is 17.7 Å². The number of halogens is 1. The normalized spacial score (nSPS) is 19.0. The Hall–Kier alpha value is -3.22. The quantitative estimate of drug-likeness (QED) is 0.453. The SMILES string of the molecule is CC(C)NC(=O)Nc1ccc2c(c1)CC(=O)N([C@H](C)CO)C[C@@H](C)[C@@H](CN(C)S(=O)(=O)c1ccc(F)cc1)O2. The van der Waals surface area contributed by atoms with Crippen molar-refractivity contribution >= 4 is 27.6 Å². The number of rotatable bonds is 8. The number of nitrogens with one attached hydrogen (secondary N) is 2. The van der Waals surface area contributed by atoms with E-state index in [9.17, 15) is 27.5 Å². The van der Waals surface area contributed by atoms with Crippen LogP contribution >= 0.6 is 0 Å². The molecule has 1 heterocycles. The van der Waals surface area contributed by atoms with E-state index in [1.807, 2.05) is 20.8 Å². The smallest absolute Gasteiger partial charge is 0.319 e. The number of hydrogen-bond acceptors (Lipinski definition) is 6. The Bertz CT molecular complexity index is 1270. The molecular formula is C27H37FN4O6S. The molecule has 3 atom stereocenters. The summed E-state index contributed by atoms with van der Waals surface area (Å²) in [4.78, 5) is 27.1. The van der Waals surface area contributed by atoms with Crippen molar-refractivity contribution in [3.05, 3.63) is 53.8 Å². The maximum Gasteiger partial charge on any atom is 0.319 e. The molecule has 0 bridgehead atoms. The third-order valence-corrected chi connectivity index (χ3v) is 8.39. The van der Waals surface area contributed by atoms with Gasteiger partial charge in [0.15, 0.2) is 0 Å². The molecule has 0 radical (unpaired) electrons. The topological polar surface area (TPSA) is 128 Å². The van der Waals surface area contributed by atoms with Crippen LogP contribution in [0.1, 0.15) is 33.3 Å². The Morgan fingerprint density at radius 3 is 2.49 bits per heavy atom. The molecule has 3 N–H and O–H groups in total. The number of sulfonamides is 1. The zero-order valence-corrected chi connectivity index (χ0v) is 23.7. The summed E-state index contributed by atoms with van der Waals surface area (Å²) in [5.74, 6) is -0.708. The van der Waals surface area contributed by atoms with Gasteiger partial charge in [0.2, 0.25) is 15.9 Å². The number of hydrogen-bond donors (Lipinski definition) is 3. The van der Waals surface area contributed by atoms with E-state index in [0.29, 0.717) is 17.0 Å². The summed E-state index contributed by atoms with van der Waals surface area (Å²) < 4.78 is 47.2. The van der Waals surface area contributed by atoms with Gasteiger partial charge in [-0.3, -0.25) is 4.79 Å². The third kappa shape index (κ3) is 7.68. The van der Waals surface area contributed by atoms with Gasteiger partial charge < -0.3 is 25.4 Å². The second kappa shape index (κ2) is 12.8. The van der Waals surface area contributed by atoms with Gasteiger partial charge in [-0.2, -0.15) is 4.31 Å². The Morgan fingerprint density at radius 1 is 1.21 bits per heavy atom. The van der Waals surface area contributed by atoms with E-state index < -0.39 is 34.0 Å². The fraction of sp³-hybridized carbons (Fsp3) is 0.481. The van der Waals surface area contributed by atoms with Gasteiger partial charge in [-0.1, -0.05) is 6.92 Å². The van der Waals surface area contributed by atoms with Crippen molar-refractivity contribution in [3.8, 4) is 5.75 Å². The number of aliphatic hydroxyl groups excluding tert-OH is 1. The Kier molecular flexibility index (Phi) is 9.92. The monoisotopic (exact) mass is 564 g/mol. The van der Waals surface area contributed by atoms with E-state index in [2.05, 4.69) is 10.6 Å². The van der Waals surface area contributed by atoms with Gasteiger partial charge in [0, 0.05) is 36.8 Å². The molecule has 3 amide bonds. The highest BCUT2D eigenvalue weighted by atomic mass is 32.2. The van der Waals surface area contributed by atoms with E-state index >= 15 is 0 Å². The van der Waals surface area contributed by atoms with Crippen LogP contribution in [-0.2, 0) is 21.2 Å². The summed E-state index contributed by atoms with van der Waals surface area (Å²) in [5, 5.41) is 15.3. The van der Waals surface area contributed by atoms with Crippen molar-refractivity contribution in [3.63, 3.8) is 0 Å². The van der Waals surface area contributed by atoms with Gasteiger partial charge in [-0.15, -0.1) is 0 Å². The molecule has 1 aliphatic heterocycles. The highest BCUT2D eigenvalue weighted by Gasteiger charge is 2.33. The van der Waals surface area contributed by atoms with Crippen molar-refractivity contribution in [1.29, 1.82) is 0 Å². The van der Waals surface area contributed by atoms with Crippen molar-refractivity contribution in [2.45, 2.75) is 57.2 Å². The van der Waals surface area contributed by atoms with Gasteiger partial charge in [0.25, 0.3) is 0 Å². The second-order valence-corrected chi connectivity index (χ2v) is 12.2. The number of aliphatic hydroxyl groups is 1. The molecule has 0 aliphatic carbocycles. The molecule has 0 aromatic heterocycles. The number of nitrogens with zero attached hydrogens (tertiary/aromatic N) is 2. The Morgan fingerprint density at radius 2 is 1.87 bits per heavy atom. The van der Waals surface area contributed by atoms with Crippen molar-refractivity contribution in [2.24, 2.45) is 5.92 Å². The van der Waals surface area contributed by atoms with Gasteiger partial charge in [0.05, 0.1) is 30.5 Å². The van der Waals surface area contributed by atoms with Crippen LogP contribution in [0.25, 0.3) is 0 Å². The summed E-state index contributed by atoms with van der Waals surface area (Å²) >= 11 is 0. The first-order valence-corrected chi connectivity index (χ1v) is 14.2. The van der Waals surface area contributed by atoms with Crippen LogP contribution in [0, 0.1) is 11.7 Å². The number of urea groups is 1. The molecule has 1 aliphatic rings. The highest BCUT2D eigenvalue weighted by molar-refractivity contribution is 7.89. The maximum absolute atomic E-state index is 13.4. The molecule has 0 unspecified atom stereocenters. The fourth-order valence-corrected chi connectivity index (χ4v) is 5.48. The van der Waals surface area contributed by atoms with Gasteiger partial charge in [-0.25, -0.2) is 17.6 Å². The predicted octanol–water partition coefficient (Wildman–Crippen LogP) is 2.83. The lowest BCUT2D eigenvalue weighted by Gasteiger charge is -2.33. The first kappa shape index (κ1) is 30.3. The third-order valence-electron chi connectivity index (χ3n) is 6.55. The molecule has 0 fully saturated rings. The van der Waals surface area contributed by atoms with Crippen LogP contribution in [0.2, 0.25) is 0 Å². The number of benzene rings is 2. The lowest BCUT2D eigenvalue weighted by molar-refractivity contribution is -0.134. The molecule has 2 aromatic rings. The maximum atomic E-state index is 13.4. The van der Waals surface area contributed by atoms with Crippen LogP contribution in [0.4, 0.5) is 14.9 Å². The standard InChI is InChI=1S/C27H37FN4O6S/c1-17(2)29-27(35)30-22-8-11-24-20(12-22)13-26(34)32(19(4)16-33)14-18(3)25(38-24)15-31(5)39(36,37)23-9-6-21(28)7-10-23/h6-12,17-19,25,33H,13-16H2,1-5H3,(H2,29,30,35)/t18-,19-,25-/m1/s1. The minimum absolute atomic E-state index is 0.0375. The van der Waals surface area contributed by atoms with Crippen LogP contribution in [0.15, 0.2) is 47.4 Å². The first-order valence-electron chi connectivity index (χ1n) is 12.8. The number of anilines is 1. The minimum Gasteiger partial charge on any atom is -0.488 e. The largest absolute Gasteiger partial charge is 0.488 e. The van der Waals surface area contributed by atoms with E-state index in [4.69, 9.17) is 4.74 Å². The molecule has 0 spiro atoms. The van der Waals surface area contributed by atoms with E-state index in [-0.39, 0.29) is 48.9 Å². The first-order chi connectivity index (χ1) is 18.3. The van der Waals surface area contributed by atoms with E-state index in [0.717, 1.165) is 16.4 Å². The number of carbonyl (C=O) groups is 2. The van der Waals surface area contributed by atoms with Gasteiger partial charge in [-0.05, 0) is 63.2 Å². The summed E-state index contributed by atoms with van der Waals surface area (Å²) in [7, 11) is -2.53. The zero-order valence-electron chi connectivity index (χ0n) is 22.8. The fourth-order valence-electron chi connectivity index (χ4n) is 4.29. The molecule has 0 saturated carbocycles. The van der Waals surface area contributed by atoms with Crippen LogP contribution in [-0.4, -0.2) is 79.6 Å². The second-order valence-electron chi connectivity index (χ2n) is 10.2. The molecular weight excluding hydrogens is 527 g/mol. The Balaban J connectivity index is 1.95.